The quantitative estimate of drug-likeness (QED) is 0.0216. The average Bonchev–Trinajstić information content (AvgIpc) is 0.747. The summed E-state index contributed by atoms with van der Waals surface area (Å²) in [5.74, 6) is 2.83. The van der Waals surface area contributed by atoms with Crippen LogP contribution in [0.4, 0.5) is 5.69 Å². The summed E-state index contributed by atoms with van der Waals surface area (Å²) >= 11 is 13.8. The molecule has 668 valence electrons. The Hall–Kier alpha value is -5.29. The maximum absolute atomic E-state index is 7.16. The van der Waals surface area contributed by atoms with Crippen molar-refractivity contribution in [2.24, 2.45) is 0 Å². The summed E-state index contributed by atoms with van der Waals surface area (Å²) in [6.45, 7) is 22.9. The molecule has 2 heterocycles. The number of nitrogens with zero attached hydrogens (tertiary/aromatic N) is 2. The van der Waals surface area contributed by atoms with Gasteiger partial charge < -0.3 is 14.1 Å². The first-order valence-electron chi connectivity index (χ1n) is 51.6. The zero-order valence-electron chi connectivity index (χ0n) is 78.8. The van der Waals surface area contributed by atoms with Crippen molar-refractivity contribution in [2.75, 3.05) is 31.1 Å². The number of unbranched alkanes of at least 4 members (excludes halogenated alkanes) is 56. The van der Waals surface area contributed by atoms with Crippen LogP contribution < -0.4 is 30.0 Å². The van der Waals surface area contributed by atoms with Crippen LogP contribution in [-0.2, 0) is 6.42 Å². The number of hydrogen-bond acceptors (Lipinski definition) is 3. The summed E-state index contributed by atoms with van der Waals surface area (Å²) in [5, 5.41) is 6.23. The molecule has 0 unspecified atom stereocenters. The topological polar surface area (TPSA) is 28.6 Å². The number of halogens is 2. The largest absolute Gasteiger partial charge is 0.456 e. The molecule has 0 saturated carbocycles. The zero-order chi connectivity index (χ0) is 84.9. The van der Waals surface area contributed by atoms with E-state index in [1.165, 1.54) is 447 Å². The SMILES string of the molecule is CCCCCCCCCCCC/C=c1/cc2c(cc1C)=C(c1c(Cl)cccc1Cl)c1cc(C)c(CCCCCCCCCCCCC)cc1O2.CCCCCCCCCCCCN(CCCCCCCCCCCC)c1ccc2c(-c3ccccc3)c3ccc(=[N+](CCCCCCCCCCCC)CCCCCCCCCCCC)cc-3oc2c1. The van der Waals surface area contributed by atoms with E-state index in [-0.39, 0.29) is 0 Å². The maximum Gasteiger partial charge on any atom is 0.203 e. The Morgan fingerprint density at radius 3 is 1.21 bits per heavy atom. The molecule has 0 aromatic heterocycles. The van der Waals surface area contributed by atoms with Gasteiger partial charge in [-0.25, -0.2) is 4.58 Å². The van der Waals surface area contributed by atoms with Crippen LogP contribution in [0.2, 0.25) is 10.0 Å². The van der Waals surface area contributed by atoms with Gasteiger partial charge in [0.05, 0.1) is 6.07 Å². The van der Waals surface area contributed by atoms with Crippen molar-refractivity contribution in [1.82, 2.24) is 4.58 Å². The number of aryl methyl sites for hydroxylation is 3. The molecule has 5 aromatic carbocycles. The molecular weight excluding hydrogens is 1500 g/mol. The number of rotatable bonds is 70. The lowest BCUT2D eigenvalue weighted by molar-refractivity contribution is 0.470. The van der Waals surface area contributed by atoms with Gasteiger partial charge in [0.15, 0.2) is 0 Å². The summed E-state index contributed by atoms with van der Waals surface area (Å²) in [4.78, 5) is 2.72. The molecule has 4 nitrogen and oxygen atoms in total. The third-order valence-corrected chi connectivity index (χ3v) is 27.0. The van der Waals surface area contributed by atoms with Gasteiger partial charge in [-0.15, -0.1) is 0 Å². The lowest BCUT2D eigenvalue weighted by Gasteiger charge is -2.26. The van der Waals surface area contributed by atoms with Gasteiger partial charge in [0.1, 0.15) is 35.9 Å². The van der Waals surface area contributed by atoms with Crippen LogP contribution in [0.1, 0.15) is 467 Å². The van der Waals surface area contributed by atoms with Crippen molar-refractivity contribution < 1.29 is 9.15 Å². The smallest absolute Gasteiger partial charge is 0.203 e. The number of fused-ring (bicyclic) bond motifs is 4. The molecule has 0 radical (unpaired) electrons. The van der Waals surface area contributed by atoms with E-state index in [4.69, 9.17) is 32.4 Å². The second kappa shape index (κ2) is 65.3. The third-order valence-electron chi connectivity index (χ3n) is 26.4. The van der Waals surface area contributed by atoms with Crippen LogP contribution in [0.3, 0.4) is 0 Å². The molecule has 6 heteroatoms. The molecule has 0 amide bonds. The second-order valence-electron chi connectivity index (χ2n) is 36.9. The Balaban J connectivity index is 0.000000349. The van der Waals surface area contributed by atoms with Crippen LogP contribution in [-0.4, -0.2) is 26.2 Å². The first kappa shape index (κ1) is 102. The summed E-state index contributed by atoms with van der Waals surface area (Å²) in [6, 6.07) is 40.5. The first-order valence-corrected chi connectivity index (χ1v) is 52.4. The molecule has 0 saturated heterocycles. The molecule has 3 aliphatic rings. The lowest BCUT2D eigenvalue weighted by atomic mass is 9.88. The molecule has 0 fully saturated rings. The van der Waals surface area contributed by atoms with Crippen molar-refractivity contribution in [2.45, 2.75) is 460 Å². The molecule has 120 heavy (non-hydrogen) atoms. The first-order chi connectivity index (χ1) is 59.1. The molecule has 0 N–H and O–H groups in total. The van der Waals surface area contributed by atoms with Crippen molar-refractivity contribution in [3.63, 3.8) is 0 Å². The van der Waals surface area contributed by atoms with Gasteiger partial charge in [-0.1, -0.05) is 448 Å². The van der Waals surface area contributed by atoms with E-state index in [0.29, 0.717) is 10.0 Å². The highest BCUT2D eigenvalue weighted by molar-refractivity contribution is 6.38. The Labute approximate surface area is 747 Å². The van der Waals surface area contributed by atoms with Gasteiger partial charge in [-0.2, -0.15) is 0 Å². The predicted octanol–water partition coefficient (Wildman–Crippen LogP) is 36.4. The van der Waals surface area contributed by atoms with Crippen LogP contribution in [0.5, 0.6) is 11.5 Å². The van der Waals surface area contributed by atoms with Crippen molar-refractivity contribution in [3.8, 4) is 33.9 Å². The molecule has 0 bridgehead atoms. The Morgan fingerprint density at radius 2 is 0.758 bits per heavy atom. The van der Waals surface area contributed by atoms with Crippen molar-refractivity contribution in [1.29, 1.82) is 0 Å². The van der Waals surface area contributed by atoms with Crippen LogP contribution >= 0.6 is 23.2 Å². The van der Waals surface area contributed by atoms with E-state index in [9.17, 15) is 0 Å². The molecular formula is C114H177Cl2N2O2+. The highest BCUT2D eigenvalue weighted by Crippen LogP contribution is 2.44. The molecule has 0 spiro atoms. The van der Waals surface area contributed by atoms with Gasteiger partial charge in [-0.05, 0) is 147 Å². The Kier molecular flexibility index (Phi) is 55.4. The second-order valence-corrected chi connectivity index (χ2v) is 37.7. The lowest BCUT2D eigenvalue weighted by Crippen LogP contribution is -2.32. The summed E-state index contributed by atoms with van der Waals surface area (Å²) < 4.78 is 16.7. The number of hydrogen-bond donors (Lipinski definition) is 0. The van der Waals surface area contributed by atoms with E-state index in [1.807, 2.05) is 18.2 Å². The monoisotopic (exact) mass is 1680 g/mol. The minimum absolute atomic E-state index is 0.670. The Bertz CT molecular complexity index is 3890. The average molecular weight is 1680 g/mol. The van der Waals surface area contributed by atoms with Gasteiger partial charge >= 0.3 is 0 Å². The molecule has 5 aromatic rings. The van der Waals surface area contributed by atoms with Crippen molar-refractivity contribution >= 4 is 51.5 Å². The van der Waals surface area contributed by atoms with E-state index < -0.39 is 0 Å². The zero-order valence-corrected chi connectivity index (χ0v) is 80.3. The minimum Gasteiger partial charge on any atom is -0.456 e. The van der Waals surface area contributed by atoms with E-state index in [2.05, 4.69) is 162 Å². The van der Waals surface area contributed by atoms with Crippen LogP contribution in [0, 0.1) is 13.8 Å². The fourth-order valence-corrected chi connectivity index (χ4v) is 19.3. The molecule has 1 aliphatic carbocycles. The number of benzene rings is 6. The van der Waals surface area contributed by atoms with E-state index >= 15 is 0 Å². The molecule has 0 atom stereocenters. The maximum atomic E-state index is 7.16. The fourth-order valence-electron chi connectivity index (χ4n) is 18.7. The highest BCUT2D eigenvalue weighted by atomic mass is 35.5. The Morgan fingerprint density at radius 1 is 0.342 bits per heavy atom. The van der Waals surface area contributed by atoms with Crippen molar-refractivity contribution in [3.05, 3.63) is 163 Å². The predicted molar refractivity (Wildman–Crippen MR) is 534 cm³/mol. The minimum atomic E-state index is 0.670. The van der Waals surface area contributed by atoms with E-state index in [0.717, 1.165) is 83.8 Å². The molecule has 2 aliphatic heterocycles. The third kappa shape index (κ3) is 39.5. The van der Waals surface area contributed by atoms with Gasteiger partial charge in [0.25, 0.3) is 0 Å². The highest BCUT2D eigenvalue weighted by Gasteiger charge is 2.26. The fraction of sp³-hybridized carbons (Fsp3) is 0.658. The summed E-state index contributed by atoms with van der Waals surface area (Å²) in [5.41, 5.74) is 13.1. The van der Waals surface area contributed by atoms with Gasteiger partial charge in [-0.3, -0.25) is 0 Å². The summed E-state index contributed by atoms with van der Waals surface area (Å²) in [6.07, 6.45) is 88.3. The van der Waals surface area contributed by atoms with E-state index in [1.54, 1.807) is 0 Å². The number of anilines is 1. The van der Waals surface area contributed by atoms with Crippen LogP contribution in [0.15, 0.2) is 114 Å². The number of ether oxygens (including phenoxy) is 1. The standard InChI is InChI=1S/C67H111N2O.C47H66Cl2O/c1-5-9-13-17-21-25-29-33-37-44-54-68(55-45-38-34-30-26-22-18-14-10-6-2)61-50-52-63-65(58-61)70-66-59-62(51-53-64(66)67(63)60-48-42-41-43-49-60)69(56-46-39-35-31-27-23-19-15-11-7-3)57-47-40-36-32-28-24-20-16-12-8-4;1-5-7-9-11-13-15-17-19-21-23-25-28-38-34-44-40(32-36(38)3)46(47-42(48)30-27-31-43(47)49)41-33-37(4)39(35-45(41)50-44)29-26-24-22-20-18-16-14-12-10-8-6-2/h41-43,48-53,58-59H,5-40,44-47,54-57H2,1-4H3;27-28,30-35H,5-26,29H2,1-4H3/q+1;/b;38-28-. The van der Waals surface area contributed by atoms with Crippen LogP contribution in [0.25, 0.3) is 45.1 Å². The van der Waals surface area contributed by atoms with Gasteiger partial charge in [0, 0.05) is 92.2 Å². The molecule has 8 rings (SSSR count). The summed E-state index contributed by atoms with van der Waals surface area (Å²) in [7, 11) is 0. The normalized spacial score (nSPS) is 12.1. The van der Waals surface area contributed by atoms with Gasteiger partial charge in [0.2, 0.25) is 5.36 Å².